The standard InChI is InChI=1S/C24H30N2O3.C2H2O4/c1-17-15-26(16-20(23(28)29)13-18-7-4-3-5-8-18)12-11-24(17,2)21-10-6-9-19(14-21)22(25)27;3-1(4)2(5)6/h3-10,14,17,20H,11-13,15-16H2,1-2H3,(H2,25,27)(H,28,29);(H,3,4)(H,5,6)/t17-,20-,24+;/m0./s1. The summed E-state index contributed by atoms with van der Waals surface area (Å²) in [5, 5.41) is 24.5. The van der Waals surface area contributed by atoms with E-state index < -0.39 is 29.7 Å². The Balaban J connectivity index is 0.000000641. The lowest BCUT2D eigenvalue weighted by Crippen LogP contribution is -2.49. The summed E-state index contributed by atoms with van der Waals surface area (Å²) in [4.78, 5) is 43.9. The SMILES string of the molecule is C[C@H]1CN(C[C@H](Cc2ccccc2)C(=O)O)CC[C@@]1(C)c1cccc(C(N)=O)c1.O=C(O)C(=O)O. The topological polar surface area (TPSA) is 158 Å². The molecule has 1 saturated heterocycles. The molecule has 0 aliphatic carbocycles. The predicted molar refractivity (Wildman–Crippen MR) is 129 cm³/mol. The molecule has 0 saturated carbocycles. The molecule has 1 aliphatic heterocycles. The first-order valence-corrected chi connectivity index (χ1v) is 11.3. The first kappa shape index (κ1) is 27.5. The second-order valence-corrected chi connectivity index (χ2v) is 9.11. The maximum Gasteiger partial charge on any atom is 0.414 e. The van der Waals surface area contributed by atoms with E-state index in [1.165, 1.54) is 0 Å². The van der Waals surface area contributed by atoms with E-state index in [2.05, 4.69) is 24.8 Å². The van der Waals surface area contributed by atoms with Gasteiger partial charge >= 0.3 is 17.9 Å². The Hall–Kier alpha value is -3.72. The van der Waals surface area contributed by atoms with E-state index in [-0.39, 0.29) is 5.41 Å². The molecule has 0 aromatic heterocycles. The van der Waals surface area contributed by atoms with Gasteiger partial charge < -0.3 is 26.0 Å². The highest BCUT2D eigenvalue weighted by Crippen LogP contribution is 2.39. The molecule has 188 valence electrons. The Labute approximate surface area is 204 Å². The van der Waals surface area contributed by atoms with Crippen LogP contribution in [0.4, 0.5) is 0 Å². The van der Waals surface area contributed by atoms with Gasteiger partial charge in [0.25, 0.3) is 0 Å². The summed E-state index contributed by atoms with van der Waals surface area (Å²) < 4.78 is 0. The van der Waals surface area contributed by atoms with Crippen molar-refractivity contribution in [3.05, 3.63) is 71.3 Å². The molecular formula is C26H32N2O7. The number of primary amides is 1. The van der Waals surface area contributed by atoms with Crippen molar-refractivity contribution in [2.45, 2.75) is 32.1 Å². The number of rotatable bonds is 7. The van der Waals surface area contributed by atoms with Gasteiger partial charge in [0.15, 0.2) is 0 Å². The van der Waals surface area contributed by atoms with Gasteiger partial charge in [0, 0.05) is 18.7 Å². The van der Waals surface area contributed by atoms with Crippen molar-refractivity contribution in [3.63, 3.8) is 0 Å². The Morgan fingerprint density at radius 3 is 2.17 bits per heavy atom. The molecule has 3 rings (SSSR count). The summed E-state index contributed by atoms with van der Waals surface area (Å²) in [6, 6.07) is 17.4. The number of aliphatic carboxylic acids is 3. The van der Waals surface area contributed by atoms with Crippen molar-refractivity contribution in [3.8, 4) is 0 Å². The fourth-order valence-corrected chi connectivity index (χ4v) is 4.38. The van der Waals surface area contributed by atoms with Crippen LogP contribution in [0.2, 0.25) is 0 Å². The monoisotopic (exact) mass is 484 g/mol. The first-order chi connectivity index (χ1) is 16.4. The van der Waals surface area contributed by atoms with Gasteiger partial charge in [-0.3, -0.25) is 9.59 Å². The van der Waals surface area contributed by atoms with Gasteiger partial charge in [-0.05, 0) is 54.0 Å². The van der Waals surface area contributed by atoms with E-state index in [4.69, 9.17) is 25.5 Å². The molecule has 1 aliphatic rings. The molecule has 0 spiro atoms. The van der Waals surface area contributed by atoms with E-state index in [0.717, 1.165) is 30.6 Å². The molecule has 2 aromatic rings. The van der Waals surface area contributed by atoms with Crippen LogP contribution >= 0.6 is 0 Å². The molecule has 5 N–H and O–H groups in total. The Morgan fingerprint density at radius 2 is 1.66 bits per heavy atom. The zero-order valence-electron chi connectivity index (χ0n) is 19.9. The number of carboxylic acids is 3. The van der Waals surface area contributed by atoms with Crippen LogP contribution in [-0.2, 0) is 26.2 Å². The number of hydrogen-bond acceptors (Lipinski definition) is 5. The van der Waals surface area contributed by atoms with Crippen molar-refractivity contribution in [1.29, 1.82) is 0 Å². The molecule has 35 heavy (non-hydrogen) atoms. The molecule has 1 amide bonds. The summed E-state index contributed by atoms with van der Waals surface area (Å²) in [5.41, 5.74) is 8.10. The molecule has 9 nitrogen and oxygen atoms in total. The minimum absolute atomic E-state index is 0.0693. The third kappa shape index (κ3) is 7.65. The molecule has 3 atom stereocenters. The normalized spacial score (nSPS) is 20.7. The number of benzene rings is 2. The highest BCUT2D eigenvalue weighted by Gasteiger charge is 2.39. The van der Waals surface area contributed by atoms with Crippen molar-refractivity contribution in [2.75, 3.05) is 19.6 Å². The van der Waals surface area contributed by atoms with E-state index in [1.807, 2.05) is 42.5 Å². The lowest BCUT2D eigenvalue weighted by Gasteiger charge is -2.45. The quantitative estimate of drug-likeness (QED) is 0.436. The van der Waals surface area contributed by atoms with E-state index in [9.17, 15) is 14.7 Å². The van der Waals surface area contributed by atoms with Gasteiger partial charge in [0.05, 0.1) is 5.92 Å². The lowest BCUT2D eigenvalue weighted by atomic mass is 9.67. The van der Waals surface area contributed by atoms with Gasteiger partial charge in [-0.15, -0.1) is 0 Å². The lowest BCUT2D eigenvalue weighted by molar-refractivity contribution is -0.159. The average molecular weight is 485 g/mol. The zero-order chi connectivity index (χ0) is 26.2. The van der Waals surface area contributed by atoms with Crippen molar-refractivity contribution < 1.29 is 34.5 Å². The Kier molecular flexibility index (Phi) is 9.53. The minimum Gasteiger partial charge on any atom is -0.481 e. The van der Waals surface area contributed by atoms with Crippen LogP contribution in [0.5, 0.6) is 0 Å². The molecule has 0 radical (unpaired) electrons. The Morgan fingerprint density at radius 1 is 1.03 bits per heavy atom. The first-order valence-electron chi connectivity index (χ1n) is 11.3. The number of nitrogens with zero attached hydrogens (tertiary/aromatic N) is 1. The number of carbonyl (C=O) groups is 4. The van der Waals surface area contributed by atoms with Crippen molar-refractivity contribution in [2.24, 2.45) is 17.6 Å². The van der Waals surface area contributed by atoms with E-state index in [0.29, 0.717) is 24.4 Å². The molecule has 9 heteroatoms. The average Bonchev–Trinajstić information content (AvgIpc) is 2.82. The fourth-order valence-electron chi connectivity index (χ4n) is 4.38. The highest BCUT2D eigenvalue weighted by atomic mass is 16.4. The molecular weight excluding hydrogens is 452 g/mol. The van der Waals surface area contributed by atoms with Crippen molar-refractivity contribution >= 4 is 23.8 Å². The minimum atomic E-state index is -1.82. The third-order valence-electron chi connectivity index (χ3n) is 6.71. The van der Waals surface area contributed by atoms with Crippen LogP contribution in [0.15, 0.2) is 54.6 Å². The number of carboxylic acid groups (broad SMARTS) is 3. The maximum atomic E-state index is 11.8. The highest BCUT2D eigenvalue weighted by molar-refractivity contribution is 6.27. The smallest absolute Gasteiger partial charge is 0.414 e. The van der Waals surface area contributed by atoms with Gasteiger partial charge in [-0.1, -0.05) is 56.3 Å². The molecule has 2 aromatic carbocycles. The van der Waals surface area contributed by atoms with Crippen LogP contribution in [0.25, 0.3) is 0 Å². The van der Waals surface area contributed by atoms with Gasteiger partial charge in [0.2, 0.25) is 5.91 Å². The number of amides is 1. The third-order valence-corrected chi connectivity index (χ3v) is 6.71. The van der Waals surface area contributed by atoms with Crippen LogP contribution in [0, 0.1) is 11.8 Å². The fraction of sp³-hybridized carbons (Fsp3) is 0.385. The molecule has 1 fully saturated rings. The summed E-state index contributed by atoms with van der Waals surface area (Å²) in [5.74, 6) is -4.91. The van der Waals surface area contributed by atoms with E-state index >= 15 is 0 Å². The summed E-state index contributed by atoms with van der Waals surface area (Å²) in [7, 11) is 0. The number of hydrogen-bond donors (Lipinski definition) is 4. The maximum absolute atomic E-state index is 11.8. The second-order valence-electron chi connectivity index (χ2n) is 9.11. The zero-order valence-corrected chi connectivity index (χ0v) is 19.9. The summed E-state index contributed by atoms with van der Waals surface area (Å²) in [6.07, 6.45) is 1.45. The number of likely N-dealkylation sites (tertiary alicyclic amines) is 1. The number of carbonyl (C=O) groups excluding carboxylic acids is 1. The van der Waals surface area contributed by atoms with Gasteiger partial charge in [-0.2, -0.15) is 0 Å². The predicted octanol–water partition coefficient (Wildman–Crippen LogP) is 2.48. The van der Waals surface area contributed by atoms with Gasteiger partial charge in [0.1, 0.15) is 0 Å². The van der Waals surface area contributed by atoms with Crippen LogP contribution < -0.4 is 5.73 Å². The van der Waals surface area contributed by atoms with Gasteiger partial charge in [-0.25, -0.2) is 9.59 Å². The van der Waals surface area contributed by atoms with E-state index in [1.54, 1.807) is 6.07 Å². The molecule has 0 unspecified atom stereocenters. The van der Waals surface area contributed by atoms with Crippen molar-refractivity contribution in [1.82, 2.24) is 4.90 Å². The number of nitrogens with two attached hydrogens (primary N) is 1. The Bertz CT molecular complexity index is 1040. The largest absolute Gasteiger partial charge is 0.481 e. The number of piperidine rings is 1. The van der Waals surface area contributed by atoms with Crippen LogP contribution in [0.3, 0.4) is 0 Å². The summed E-state index contributed by atoms with van der Waals surface area (Å²) in [6.45, 7) is 6.64. The van der Waals surface area contributed by atoms with Crippen LogP contribution in [-0.4, -0.2) is 63.7 Å². The summed E-state index contributed by atoms with van der Waals surface area (Å²) >= 11 is 0. The molecule has 0 bridgehead atoms. The van der Waals surface area contributed by atoms with Crippen LogP contribution in [0.1, 0.15) is 41.8 Å². The second kappa shape index (κ2) is 12.1. The molecule has 1 heterocycles.